The van der Waals surface area contributed by atoms with E-state index in [1.165, 1.54) is 25.8 Å². The number of hydrogen-bond acceptors (Lipinski definition) is 2. The maximum atomic E-state index is 5.63. The summed E-state index contributed by atoms with van der Waals surface area (Å²) in [5.74, 6) is 6.19. The molecule has 1 atom stereocenters. The minimum atomic E-state index is 0.795. The van der Waals surface area contributed by atoms with Crippen molar-refractivity contribution in [2.45, 2.75) is 64.3 Å². The highest BCUT2D eigenvalue weighted by atomic mass is 16.5. The quantitative estimate of drug-likeness (QED) is 0.830. The molecule has 1 aliphatic heterocycles. The van der Waals surface area contributed by atoms with Crippen LogP contribution in [0.4, 0.5) is 0 Å². The molecule has 1 heterocycles. The normalized spacial score (nSPS) is 44.1. The van der Waals surface area contributed by atoms with Crippen LogP contribution in [0.3, 0.4) is 0 Å². The fourth-order valence-corrected chi connectivity index (χ4v) is 6.56. The van der Waals surface area contributed by atoms with Crippen molar-refractivity contribution >= 4 is 0 Å². The molecule has 0 aromatic carbocycles. The smallest absolute Gasteiger partial charge is 0.0469 e. The standard InChI is InChI=1S/C19H33NO/c1-2-5-20-19(15-3-6-21-7-4-15)18-16-9-13-8-14(11-16)12-17(18)10-13/h13-20H,2-12H2,1H3. The maximum absolute atomic E-state index is 5.63. The topological polar surface area (TPSA) is 21.3 Å². The summed E-state index contributed by atoms with van der Waals surface area (Å²) in [5, 5.41) is 4.01. The Labute approximate surface area is 130 Å². The Hall–Kier alpha value is -0.0800. The highest BCUT2D eigenvalue weighted by Crippen LogP contribution is 2.58. The Morgan fingerprint density at radius 1 is 0.952 bits per heavy atom. The van der Waals surface area contributed by atoms with Gasteiger partial charge in [-0.1, -0.05) is 6.92 Å². The fraction of sp³-hybridized carbons (Fsp3) is 1.00. The van der Waals surface area contributed by atoms with Crippen molar-refractivity contribution in [3.63, 3.8) is 0 Å². The molecule has 2 nitrogen and oxygen atoms in total. The average molecular weight is 291 g/mol. The zero-order chi connectivity index (χ0) is 14.2. The zero-order valence-corrected chi connectivity index (χ0v) is 13.7. The van der Waals surface area contributed by atoms with E-state index < -0.39 is 0 Å². The summed E-state index contributed by atoms with van der Waals surface area (Å²) in [6.07, 6.45) is 11.7. The Balaban J connectivity index is 1.51. The van der Waals surface area contributed by atoms with Crippen LogP contribution in [0.5, 0.6) is 0 Å². The fourth-order valence-electron chi connectivity index (χ4n) is 6.56. The molecule has 5 rings (SSSR count). The van der Waals surface area contributed by atoms with Crippen molar-refractivity contribution in [1.82, 2.24) is 5.32 Å². The van der Waals surface area contributed by atoms with Crippen LogP contribution in [0.2, 0.25) is 0 Å². The second-order valence-corrected chi connectivity index (χ2v) is 8.44. The van der Waals surface area contributed by atoms with Crippen LogP contribution in [0.1, 0.15) is 58.3 Å². The largest absolute Gasteiger partial charge is 0.381 e. The zero-order valence-electron chi connectivity index (χ0n) is 13.7. The third kappa shape index (κ3) is 2.79. The predicted molar refractivity (Wildman–Crippen MR) is 86.2 cm³/mol. The molecule has 4 bridgehead atoms. The molecule has 2 heteroatoms. The molecule has 0 spiro atoms. The molecule has 0 aromatic rings. The van der Waals surface area contributed by atoms with E-state index >= 15 is 0 Å². The SMILES string of the molecule is CCCNC(C1CCOCC1)C1C2CC3CC(C2)CC1C3. The monoisotopic (exact) mass is 291 g/mol. The van der Waals surface area contributed by atoms with Gasteiger partial charge in [-0.15, -0.1) is 0 Å². The summed E-state index contributed by atoms with van der Waals surface area (Å²) < 4.78 is 5.63. The highest BCUT2D eigenvalue weighted by molar-refractivity contribution is 5.03. The lowest BCUT2D eigenvalue weighted by Crippen LogP contribution is -2.56. The molecule has 0 aromatic heterocycles. The molecule has 4 saturated carbocycles. The van der Waals surface area contributed by atoms with Crippen LogP contribution < -0.4 is 5.32 Å². The van der Waals surface area contributed by atoms with Crippen molar-refractivity contribution in [3.8, 4) is 0 Å². The van der Waals surface area contributed by atoms with E-state index in [9.17, 15) is 0 Å². The first-order chi connectivity index (χ1) is 10.3. The molecule has 0 radical (unpaired) electrons. The Kier molecular flexibility index (Phi) is 4.28. The van der Waals surface area contributed by atoms with Crippen molar-refractivity contribution in [1.29, 1.82) is 0 Å². The van der Waals surface area contributed by atoms with E-state index in [1.807, 2.05) is 0 Å². The van der Waals surface area contributed by atoms with Gasteiger partial charge in [0.15, 0.2) is 0 Å². The van der Waals surface area contributed by atoms with Crippen molar-refractivity contribution in [2.24, 2.45) is 35.5 Å². The van der Waals surface area contributed by atoms with Gasteiger partial charge in [-0.05, 0) is 93.4 Å². The molecular weight excluding hydrogens is 258 g/mol. The molecule has 1 saturated heterocycles. The second kappa shape index (κ2) is 6.20. The van der Waals surface area contributed by atoms with E-state index in [4.69, 9.17) is 4.74 Å². The molecule has 1 N–H and O–H groups in total. The van der Waals surface area contributed by atoms with E-state index in [2.05, 4.69) is 12.2 Å². The lowest BCUT2D eigenvalue weighted by molar-refractivity contribution is -0.0698. The van der Waals surface area contributed by atoms with Gasteiger partial charge < -0.3 is 10.1 Å². The minimum absolute atomic E-state index is 0.795. The van der Waals surface area contributed by atoms with Crippen LogP contribution in [0, 0.1) is 35.5 Å². The molecule has 120 valence electrons. The van der Waals surface area contributed by atoms with Crippen LogP contribution in [-0.4, -0.2) is 25.8 Å². The van der Waals surface area contributed by atoms with Gasteiger partial charge in [0, 0.05) is 19.3 Å². The van der Waals surface area contributed by atoms with Gasteiger partial charge in [0.1, 0.15) is 0 Å². The Morgan fingerprint density at radius 3 is 2.14 bits per heavy atom. The molecule has 5 aliphatic rings. The lowest BCUT2D eigenvalue weighted by atomic mass is 9.49. The summed E-state index contributed by atoms with van der Waals surface area (Å²) in [4.78, 5) is 0. The average Bonchev–Trinajstić information content (AvgIpc) is 2.50. The van der Waals surface area contributed by atoms with E-state index in [-0.39, 0.29) is 0 Å². The van der Waals surface area contributed by atoms with E-state index in [0.717, 1.165) is 54.8 Å². The van der Waals surface area contributed by atoms with E-state index in [1.54, 1.807) is 32.1 Å². The van der Waals surface area contributed by atoms with Gasteiger partial charge in [-0.3, -0.25) is 0 Å². The second-order valence-electron chi connectivity index (χ2n) is 8.44. The van der Waals surface area contributed by atoms with Crippen molar-refractivity contribution < 1.29 is 4.74 Å². The number of hydrogen-bond donors (Lipinski definition) is 1. The van der Waals surface area contributed by atoms with Gasteiger partial charge in [0.25, 0.3) is 0 Å². The first-order valence-corrected chi connectivity index (χ1v) is 9.66. The molecule has 4 aliphatic carbocycles. The third-order valence-corrected chi connectivity index (χ3v) is 7.12. The Bertz CT molecular complexity index is 321. The summed E-state index contributed by atoms with van der Waals surface area (Å²) >= 11 is 0. The van der Waals surface area contributed by atoms with Gasteiger partial charge in [0.05, 0.1) is 0 Å². The predicted octanol–water partition coefficient (Wildman–Crippen LogP) is 3.85. The molecule has 21 heavy (non-hydrogen) atoms. The number of nitrogens with one attached hydrogen (secondary N) is 1. The lowest BCUT2D eigenvalue weighted by Gasteiger charge is -2.57. The molecular formula is C19H33NO. The van der Waals surface area contributed by atoms with Gasteiger partial charge in [0.2, 0.25) is 0 Å². The minimum Gasteiger partial charge on any atom is -0.381 e. The summed E-state index contributed by atoms with van der Waals surface area (Å²) in [6.45, 7) is 5.53. The highest BCUT2D eigenvalue weighted by Gasteiger charge is 2.51. The maximum Gasteiger partial charge on any atom is 0.0469 e. The number of rotatable bonds is 5. The van der Waals surface area contributed by atoms with Gasteiger partial charge >= 0.3 is 0 Å². The summed E-state index contributed by atoms with van der Waals surface area (Å²) in [7, 11) is 0. The number of ether oxygens (including phenoxy) is 1. The van der Waals surface area contributed by atoms with Crippen LogP contribution >= 0.6 is 0 Å². The van der Waals surface area contributed by atoms with Crippen LogP contribution in [0.25, 0.3) is 0 Å². The molecule has 5 fully saturated rings. The molecule has 1 unspecified atom stereocenters. The van der Waals surface area contributed by atoms with Gasteiger partial charge in [-0.2, -0.15) is 0 Å². The first kappa shape index (κ1) is 14.5. The van der Waals surface area contributed by atoms with Gasteiger partial charge in [-0.25, -0.2) is 0 Å². The van der Waals surface area contributed by atoms with Crippen molar-refractivity contribution in [3.05, 3.63) is 0 Å². The van der Waals surface area contributed by atoms with Crippen LogP contribution in [-0.2, 0) is 4.74 Å². The van der Waals surface area contributed by atoms with E-state index in [0.29, 0.717) is 0 Å². The molecule has 0 amide bonds. The first-order valence-electron chi connectivity index (χ1n) is 9.66. The van der Waals surface area contributed by atoms with Crippen molar-refractivity contribution in [2.75, 3.05) is 19.8 Å². The Morgan fingerprint density at radius 2 is 1.57 bits per heavy atom. The third-order valence-electron chi connectivity index (χ3n) is 7.12. The summed E-state index contributed by atoms with van der Waals surface area (Å²) in [6, 6.07) is 0.795. The summed E-state index contributed by atoms with van der Waals surface area (Å²) in [5.41, 5.74) is 0. The van der Waals surface area contributed by atoms with Crippen LogP contribution in [0.15, 0.2) is 0 Å².